The summed E-state index contributed by atoms with van der Waals surface area (Å²) in [7, 11) is 1.88. The number of nitrogen functional groups attached to an aromatic ring is 1. The summed E-state index contributed by atoms with van der Waals surface area (Å²) in [5, 5.41) is 11.9. The van der Waals surface area contributed by atoms with Crippen LogP contribution in [0.5, 0.6) is 0 Å². The van der Waals surface area contributed by atoms with E-state index in [4.69, 9.17) is 10.7 Å². The molecule has 4 heterocycles. The second kappa shape index (κ2) is 10.2. The van der Waals surface area contributed by atoms with Crippen LogP contribution >= 0.6 is 0 Å². The van der Waals surface area contributed by atoms with E-state index in [9.17, 15) is 9.59 Å². The number of hydrogen-bond donors (Lipinski definition) is 2. The Morgan fingerprint density at radius 1 is 1.05 bits per heavy atom. The topological polar surface area (TPSA) is 138 Å². The molecule has 6 rings (SSSR count). The largest absolute Gasteiger partial charge is 0.381 e. The zero-order chi connectivity index (χ0) is 28.7. The predicted octanol–water partition coefficient (Wildman–Crippen LogP) is 3.71. The van der Waals surface area contributed by atoms with Gasteiger partial charge in [0.25, 0.3) is 11.5 Å². The molecule has 0 aliphatic rings. The molecule has 1 atom stereocenters. The summed E-state index contributed by atoms with van der Waals surface area (Å²) >= 11 is 0. The van der Waals surface area contributed by atoms with Crippen molar-refractivity contribution in [3.05, 3.63) is 112 Å². The van der Waals surface area contributed by atoms with Gasteiger partial charge in [-0.05, 0) is 43.7 Å². The highest BCUT2D eigenvalue weighted by atomic mass is 16.2. The van der Waals surface area contributed by atoms with E-state index in [0.29, 0.717) is 28.1 Å². The zero-order valence-electron chi connectivity index (χ0n) is 22.7. The first-order valence-corrected chi connectivity index (χ1v) is 13.0. The summed E-state index contributed by atoms with van der Waals surface area (Å²) in [6, 6.07) is 15.8. The first-order chi connectivity index (χ1) is 19.8. The van der Waals surface area contributed by atoms with Crippen LogP contribution in [-0.2, 0) is 7.05 Å². The number of rotatable bonds is 6. The van der Waals surface area contributed by atoms with E-state index in [1.54, 1.807) is 42.3 Å². The normalized spacial score (nSPS) is 12.4. The molecule has 0 aliphatic carbocycles. The summed E-state index contributed by atoms with van der Waals surface area (Å²) in [5.41, 5.74) is 10.1. The number of nitrogens with two attached hydrogens (primary N) is 1. The van der Waals surface area contributed by atoms with Gasteiger partial charge in [0, 0.05) is 30.7 Å². The molecule has 11 heteroatoms. The van der Waals surface area contributed by atoms with E-state index in [1.807, 2.05) is 68.6 Å². The molecule has 6 aromatic rings. The Hall–Kier alpha value is -5.58. The van der Waals surface area contributed by atoms with Crippen LogP contribution in [0, 0.1) is 6.92 Å². The van der Waals surface area contributed by atoms with Crippen LogP contribution in [0.3, 0.4) is 0 Å². The summed E-state index contributed by atoms with van der Waals surface area (Å²) in [5.74, 6) is -0.0453. The van der Waals surface area contributed by atoms with Crippen molar-refractivity contribution in [1.29, 1.82) is 0 Å². The number of para-hydroxylation sites is 1. The van der Waals surface area contributed by atoms with Crippen molar-refractivity contribution in [3.8, 4) is 5.69 Å². The average Bonchev–Trinajstić information content (AvgIpc) is 3.49. The number of anilines is 1. The van der Waals surface area contributed by atoms with Crippen molar-refractivity contribution < 1.29 is 4.79 Å². The number of hydrogen-bond acceptors (Lipinski definition) is 7. The van der Waals surface area contributed by atoms with Crippen LogP contribution in [-0.4, -0.2) is 39.8 Å². The van der Waals surface area contributed by atoms with Gasteiger partial charge in [0.2, 0.25) is 0 Å². The maximum absolute atomic E-state index is 14.2. The molecule has 3 N–H and O–H groups in total. The second-order valence-electron chi connectivity index (χ2n) is 9.67. The molecule has 2 aromatic carbocycles. The minimum Gasteiger partial charge on any atom is -0.381 e. The van der Waals surface area contributed by atoms with Crippen molar-refractivity contribution in [2.75, 3.05) is 5.73 Å². The Bertz CT molecular complexity index is 2020. The first kappa shape index (κ1) is 25.7. The molecular weight excluding hydrogens is 518 g/mol. The number of nitrogens with one attached hydrogen (secondary N) is 1. The van der Waals surface area contributed by atoms with Crippen molar-refractivity contribution in [2.45, 2.75) is 19.9 Å². The molecule has 0 spiro atoms. The van der Waals surface area contributed by atoms with Gasteiger partial charge in [0.05, 0.1) is 28.8 Å². The van der Waals surface area contributed by atoms with Gasteiger partial charge in [-0.25, -0.2) is 14.5 Å². The van der Waals surface area contributed by atoms with Crippen LogP contribution in [0.25, 0.3) is 34.4 Å². The maximum Gasteiger partial charge on any atom is 0.266 e. The number of nitrogens with zero attached hydrogens (tertiary/aromatic N) is 7. The van der Waals surface area contributed by atoms with E-state index in [0.717, 1.165) is 16.8 Å². The number of fused-ring (bicyclic) bond motifs is 2. The molecule has 1 unspecified atom stereocenters. The SMILES string of the molecule is Cc1c(C=Cc2cccc3nc(C(C)NC(=O)c4c(N)nn5cccnc45)n(-c4ccccc4)c(=O)c23)cnn1C. The van der Waals surface area contributed by atoms with Gasteiger partial charge in [0.15, 0.2) is 11.5 Å². The summed E-state index contributed by atoms with van der Waals surface area (Å²) < 4.78 is 4.79. The third-order valence-corrected chi connectivity index (χ3v) is 7.07. The Morgan fingerprint density at radius 2 is 1.83 bits per heavy atom. The smallest absolute Gasteiger partial charge is 0.266 e. The standard InChI is InChI=1S/C30H27N9O2/c1-18(34-29(40)25-26(31)36-38-16-8-15-32-28(25)38)27-35-23-12-7-9-20(13-14-21-17-33-37(3)19(21)2)24(23)30(41)39(27)22-10-5-4-6-11-22/h4-18H,1-3H3,(H2,31,36)(H,34,40). The number of aryl methyl sites for hydroxylation is 1. The fourth-order valence-electron chi connectivity index (χ4n) is 4.84. The third-order valence-electron chi connectivity index (χ3n) is 7.07. The number of amides is 1. The van der Waals surface area contributed by atoms with Gasteiger partial charge in [-0.1, -0.05) is 42.5 Å². The van der Waals surface area contributed by atoms with Crippen LogP contribution in [0.1, 0.15) is 46.0 Å². The third kappa shape index (κ3) is 4.52. The summed E-state index contributed by atoms with van der Waals surface area (Å²) in [6.07, 6.45) is 8.85. The van der Waals surface area contributed by atoms with E-state index >= 15 is 0 Å². The van der Waals surface area contributed by atoms with Gasteiger partial charge in [-0.15, -0.1) is 5.10 Å². The highest BCUT2D eigenvalue weighted by Crippen LogP contribution is 2.23. The Labute approximate surface area is 234 Å². The fourth-order valence-corrected chi connectivity index (χ4v) is 4.84. The molecule has 11 nitrogen and oxygen atoms in total. The van der Waals surface area contributed by atoms with Gasteiger partial charge in [0.1, 0.15) is 11.4 Å². The van der Waals surface area contributed by atoms with Crippen LogP contribution in [0.4, 0.5) is 5.82 Å². The zero-order valence-corrected chi connectivity index (χ0v) is 22.7. The molecule has 0 saturated heterocycles. The number of carbonyl (C=O) groups is 1. The van der Waals surface area contributed by atoms with Crippen molar-refractivity contribution in [1.82, 2.24) is 39.2 Å². The van der Waals surface area contributed by atoms with Crippen LogP contribution < -0.4 is 16.6 Å². The maximum atomic E-state index is 14.2. The molecule has 1 amide bonds. The minimum absolute atomic E-state index is 0.0561. The Kier molecular flexibility index (Phi) is 6.38. The Balaban J connectivity index is 1.47. The van der Waals surface area contributed by atoms with E-state index in [1.165, 1.54) is 9.08 Å². The predicted molar refractivity (Wildman–Crippen MR) is 157 cm³/mol. The van der Waals surface area contributed by atoms with Gasteiger partial charge in [-0.2, -0.15) is 5.10 Å². The summed E-state index contributed by atoms with van der Waals surface area (Å²) in [6.45, 7) is 3.76. The molecule has 0 bridgehead atoms. The number of benzene rings is 2. The number of aromatic nitrogens is 7. The molecule has 204 valence electrons. The molecule has 0 radical (unpaired) electrons. The molecule has 4 aromatic heterocycles. The van der Waals surface area contributed by atoms with Gasteiger partial charge in [-0.3, -0.25) is 18.8 Å². The van der Waals surface area contributed by atoms with Crippen molar-refractivity contribution >= 4 is 40.4 Å². The molecule has 41 heavy (non-hydrogen) atoms. The Morgan fingerprint density at radius 3 is 2.59 bits per heavy atom. The lowest BCUT2D eigenvalue weighted by molar-refractivity contribution is 0.0940. The lowest BCUT2D eigenvalue weighted by Crippen LogP contribution is -2.33. The van der Waals surface area contributed by atoms with Crippen molar-refractivity contribution in [3.63, 3.8) is 0 Å². The molecule has 0 saturated carbocycles. The van der Waals surface area contributed by atoms with E-state index in [-0.39, 0.29) is 16.9 Å². The van der Waals surface area contributed by atoms with Gasteiger partial charge < -0.3 is 11.1 Å². The monoisotopic (exact) mass is 545 g/mol. The van der Waals surface area contributed by atoms with Crippen LogP contribution in [0.15, 0.2) is 78.0 Å². The highest BCUT2D eigenvalue weighted by molar-refractivity contribution is 6.04. The lowest BCUT2D eigenvalue weighted by Gasteiger charge is -2.20. The van der Waals surface area contributed by atoms with Crippen LogP contribution in [0.2, 0.25) is 0 Å². The van der Waals surface area contributed by atoms with Gasteiger partial charge >= 0.3 is 0 Å². The quantitative estimate of drug-likeness (QED) is 0.325. The van der Waals surface area contributed by atoms with Crippen molar-refractivity contribution in [2.24, 2.45) is 7.05 Å². The minimum atomic E-state index is -0.671. The van der Waals surface area contributed by atoms with E-state index < -0.39 is 11.9 Å². The first-order valence-electron chi connectivity index (χ1n) is 13.0. The number of carbonyl (C=O) groups excluding carboxylic acids is 1. The second-order valence-corrected chi connectivity index (χ2v) is 9.67. The lowest BCUT2D eigenvalue weighted by atomic mass is 10.1. The molecule has 0 fully saturated rings. The van der Waals surface area contributed by atoms with E-state index in [2.05, 4.69) is 20.5 Å². The molecular formula is C30H27N9O2. The average molecular weight is 546 g/mol. The fraction of sp³-hybridized carbons (Fsp3) is 0.133. The highest BCUT2D eigenvalue weighted by Gasteiger charge is 2.24. The summed E-state index contributed by atoms with van der Waals surface area (Å²) in [4.78, 5) is 36.8. The molecule has 0 aliphatic heterocycles.